The third-order valence-corrected chi connectivity index (χ3v) is 4.50. The Kier molecular flexibility index (Phi) is 5.54. The minimum absolute atomic E-state index is 0.00869. The van der Waals surface area contributed by atoms with Gasteiger partial charge in [-0.3, -0.25) is 4.79 Å². The van der Waals surface area contributed by atoms with E-state index in [0.29, 0.717) is 17.0 Å². The molecule has 0 fully saturated rings. The molecule has 1 heterocycles. The fourth-order valence-corrected chi connectivity index (χ4v) is 3.14. The third-order valence-electron chi connectivity index (χ3n) is 4.50. The molecule has 1 aliphatic rings. The summed E-state index contributed by atoms with van der Waals surface area (Å²) in [6.07, 6.45) is -0.00869. The Morgan fingerprint density at radius 2 is 1.89 bits per heavy atom. The van der Waals surface area contributed by atoms with Crippen LogP contribution in [0.1, 0.15) is 30.4 Å². The second-order valence-corrected chi connectivity index (χ2v) is 6.29. The number of amides is 1. The van der Waals surface area contributed by atoms with Crippen molar-refractivity contribution in [3.8, 4) is 5.75 Å². The maximum absolute atomic E-state index is 14.3. The van der Waals surface area contributed by atoms with Crippen LogP contribution in [0.25, 0.3) is 0 Å². The van der Waals surface area contributed by atoms with Gasteiger partial charge in [-0.1, -0.05) is 30.3 Å². The minimum atomic E-state index is -0.677. The molecule has 0 radical (unpaired) electrons. The Hall–Kier alpha value is -3.15. The summed E-state index contributed by atoms with van der Waals surface area (Å²) >= 11 is 0. The number of ether oxygens (including phenoxy) is 2. The summed E-state index contributed by atoms with van der Waals surface area (Å²) in [4.78, 5) is 24.7. The highest BCUT2D eigenvalue weighted by molar-refractivity contribution is 5.95. The summed E-state index contributed by atoms with van der Waals surface area (Å²) < 4.78 is 24.8. The minimum Gasteiger partial charge on any atom is -0.497 e. The molecule has 5 nitrogen and oxygen atoms in total. The Bertz CT molecular complexity index is 889. The van der Waals surface area contributed by atoms with Crippen LogP contribution in [0.15, 0.2) is 59.8 Å². The number of allylic oxidation sites excluding steroid dienone is 1. The lowest BCUT2D eigenvalue weighted by molar-refractivity contribution is -0.141. The van der Waals surface area contributed by atoms with Crippen molar-refractivity contribution < 1.29 is 23.5 Å². The number of methoxy groups -OCH3 is 1. The zero-order chi connectivity index (χ0) is 19.4. The number of halogens is 1. The molecule has 0 aromatic heterocycles. The molecule has 1 atom stereocenters. The van der Waals surface area contributed by atoms with Crippen molar-refractivity contribution in [2.75, 3.05) is 7.11 Å². The summed E-state index contributed by atoms with van der Waals surface area (Å²) in [5.74, 6) is -1.25. The van der Waals surface area contributed by atoms with Gasteiger partial charge in [-0.2, -0.15) is 0 Å². The predicted octanol–water partition coefficient (Wildman–Crippen LogP) is 3.46. The number of carbonyl (C=O) groups is 2. The first-order chi connectivity index (χ1) is 13.0. The Morgan fingerprint density at radius 3 is 2.56 bits per heavy atom. The van der Waals surface area contributed by atoms with Crippen molar-refractivity contribution >= 4 is 11.9 Å². The molecule has 1 amide bonds. The maximum Gasteiger partial charge on any atom is 0.336 e. The first-order valence-electron chi connectivity index (χ1n) is 8.54. The van der Waals surface area contributed by atoms with Gasteiger partial charge in [0.2, 0.25) is 5.91 Å². The lowest BCUT2D eigenvalue weighted by atomic mass is 9.84. The number of nitrogens with one attached hydrogen (secondary N) is 1. The molecule has 1 N–H and O–H groups in total. The molecular formula is C21H20FNO4. The molecular weight excluding hydrogens is 349 g/mol. The second-order valence-electron chi connectivity index (χ2n) is 6.29. The van der Waals surface area contributed by atoms with E-state index in [1.165, 1.54) is 6.07 Å². The maximum atomic E-state index is 14.3. The molecule has 6 heteroatoms. The van der Waals surface area contributed by atoms with E-state index in [4.69, 9.17) is 9.47 Å². The van der Waals surface area contributed by atoms with Crippen molar-refractivity contribution in [2.45, 2.75) is 25.9 Å². The lowest BCUT2D eigenvalue weighted by Gasteiger charge is -2.26. The van der Waals surface area contributed by atoms with Gasteiger partial charge in [0, 0.05) is 18.0 Å². The van der Waals surface area contributed by atoms with Crippen molar-refractivity contribution in [1.29, 1.82) is 0 Å². The molecule has 3 rings (SSSR count). The SMILES string of the molecule is COc1ccc(COC(=O)C2=C(C)NC(=O)CC2c2ccccc2F)cc1. The zero-order valence-electron chi connectivity index (χ0n) is 15.1. The molecule has 1 aliphatic heterocycles. The van der Waals surface area contributed by atoms with Crippen LogP contribution in [0.2, 0.25) is 0 Å². The number of hydrogen-bond donors (Lipinski definition) is 1. The first kappa shape index (κ1) is 18.6. The monoisotopic (exact) mass is 369 g/mol. The standard InChI is InChI=1S/C21H20FNO4/c1-13-20(21(25)27-12-14-7-9-15(26-2)10-8-14)17(11-19(24)23-13)16-5-3-4-6-18(16)22/h3-10,17H,11-12H2,1-2H3,(H,23,24). The van der Waals surface area contributed by atoms with Gasteiger partial charge in [0.25, 0.3) is 0 Å². The average molecular weight is 369 g/mol. The fraction of sp³-hybridized carbons (Fsp3) is 0.238. The van der Waals surface area contributed by atoms with Crippen molar-refractivity contribution in [3.63, 3.8) is 0 Å². The van der Waals surface area contributed by atoms with E-state index in [1.54, 1.807) is 56.5 Å². The van der Waals surface area contributed by atoms with Crippen LogP contribution in [-0.2, 0) is 20.9 Å². The van der Waals surface area contributed by atoms with Gasteiger partial charge in [0.05, 0.1) is 12.7 Å². The van der Waals surface area contributed by atoms with Gasteiger partial charge < -0.3 is 14.8 Å². The van der Waals surface area contributed by atoms with Gasteiger partial charge in [0.1, 0.15) is 18.2 Å². The first-order valence-corrected chi connectivity index (χ1v) is 8.54. The Labute approximate surface area is 156 Å². The van der Waals surface area contributed by atoms with E-state index in [2.05, 4.69) is 5.32 Å². The molecule has 0 spiro atoms. The molecule has 0 aliphatic carbocycles. The number of rotatable bonds is 5. The largest absolute Gasteiger partial charge is 0.497 e. The van der Waals surface area contributed by atoms with E-state index in [-0.39, 0.29) is 24.5 Å². The van der Waals surface area contributed by atoms with Crippen LogP contribution in [0.3, 0.4) is 0 Å². The topological polar surface area (TPSA) is 64.6 Å². The lowest BCUT2D eigenvalue weighted by Crippen LogP contribution is -2.34. The van der Waals surface area contributed by atoms with Gasteiger partial charge >= 0.3 is 5.97 Å². The van der Waals surface area contributed by atoms with Crippen molar-refractivity contribution in [3.05, 3.63) is 76.7 Å². The van der Waals surface area contributed by atoms with E-state index in [1.807, 2.05) is 0 Å². The zero-order valence-corrected chi connectivity index (χ0v) is 15.1. The van der Waals surface area contributed by atoms with Crippen molar-refractivity contribution in [2.24, 2.45) is 0 Å². The third kappa shape index (κ3) is 4.16. The van der Waals surface area contributed by atoms with Gasteiger partial charge in [-0.25, -0.2) is 9.18 Å². The average Bonchev–Trinajstić information content (AvgIpc) is 2.66. The Balaban J connectivity index is 1.82. The van der Waals surface area contributed by atoms with E-state index in [0.717, 1.165) is 5.56 Å². The van der Waals surface area contributed by atoms with Crippen LogP contribution in [0.5, 0.6) is 5.75 Å². The highest BCUT2D eigenvalue weighted by Gasteiger charge is 2.34. The summed E-state index contributed by atoms with van der Waals surface area (Å²) in [6, 6.07) is 13.3. The van der Waals surface area contributed by atoms with Crippen LogP contribution >= 0.6 is 0 Å². The number of carbonyl (C=O) groups excluding carboxylic acids is 2. The molecule has 2 aromatic rings. The van der Waals surface area contributed by atoms with Crippen LogP contribution in [0.4, 0.5) is 4.39 Å². The molecule has 0 saturated carbocycles. The van der Waals surface area contributed by atoms with Gasteiger partial charge in [-0.15, -0.1) is 0 Å². The summed E-state index contributed by atoms with van der Waals surface area (Å²) in [6.45, 7) is 1.69. The van der Waals surface area contributed by atoms with Gasteiger partial charge in [0.15, 0.2) is 0 Å². The summed E-state index contributed by atoms with van der Waals surface area (Å²) in [5, 5.41) is 2.64. The number of esters is 1. The molecule has 0 bridgehead atoms. The van der Waals surface area contributed by atoms with Crippen LogP contribution < -0.4 is 10.1 Å². The molecule has 2 aromatic carbocycles. The van der Waals surface area contributed by atoms with Crippen molar-refractivity contribution in [1.82, 2.24) is 5.32 Å². The normalized spacial score (nSPS) is 16.7. The quantitative estimate of drug-likeness (QED) is 0.820. The molecule has 0 saturated heterocycles. The smallest absolute Gasteiger partial charge is 0.336 e. The van der Waals surface area contributed by atoms with Crippen LogP contribution in [0, 0.1) is 5.82 Å². The summed E-state index contributed by atoms with van der Waals surface area (Å²) in [7, 11) is 1.57. The summed E-state index contributed by atoms with van der Waals surface area (Å²) in [5.41, 5.74) is 1.76. The van der Waals surface area contributed by atoms with E-state index < -0.39 is 17.7 Å². The van der Waals surface area contributed by atoms with Crippen LogP contribution in [-0.4, -0.2) is 19.0 Å². The molecule has 1 unspecified atom stereocenters. The predicted molar refractivity (Wildman–Crippen MR) is 97.4 cm³/mol. The number of benzene rings is 2. The number of hydrogen-bond acceptors (Lipinski definition) is 4. The van der Waals surface area contributed by atoms with E-state index >= 15 is 0 Å². The second kappa shape index (κ2) is 8.03. The molecule has 140 valence electrons. The van der Waals surface area contributed by atoms with Gasteiger partial charge in [-0.05, 0) is 36.2 Å². The highest BCUT2D eigenvalue weighted by Crippen LogP contribution is 2.34. The Morgan fingerprint density at radius 1 is 1.19 bits per heavy atom. The highest BCUT2D eigenvalue weighted by atomic mass is 19.1. The van der Waals surface area contributed by atoms with E-state index in [9.17, 15) is 14.0 Å². The fourth-order valence-electron chi connectivity index (χ4n) is 3.14. The molecule has 27 heavy (non-hydrogen) atoms.